The number of hydrogen-bond donors (Lipinski definition) is 0. The number of hydrogen-bond acceptors (Lipinski definition) is 0. The minimum Gasteiger partial charge on any atom is -0.204 e. The van der Waals surface area contributed by atoms with Gasteiger partial charge in [0.25, 0.3) is 0 Å². The Morgan fingerprint density at radius 3 is 1.74 bits per heavy atom. The molecule has 0 N–H and O–H groups in total. The topological polar surface area (TPSA) is 0 Å². The number of benzene rings is 1. The van der Waals surface area contributed by atoms with Gasteiger partial charge in [0.2, 0.25) is 5.82 Å². The molecule has 1 aromatic carbocycles. The second kappa shape index (κ2) is 4.59. The van der Waals surface area contributed by atoms with E-state index in [1.165, 1.54) is 0 Å². The zero-order valence-corrected chi connectivity index (χ0v) is 11.3. The molecule has 1 aromatic rings. The monoisotopic (exact) mass is 290 g/mol. The zero-order valence-electron chi connectivity index (χ0n) is 10.3. The maximum Gasteiger partial charge on any atom is 0.200 e. The molecular weight excluding hydrogens is 279 g/mol. The predicted octanol–water partition coefficient (Wildman–Crippen LogP) is 3.72. The van der Waals surface area contributed by atoms with Crippen molar-refractivity contribution in [3.63, 3.8) is 0 Å². The van der Waals surface area contributed by atoms with E-state index in [2.05, 4.69) is 0 Å². The molecule has 2 rings (SSSR count). The molecule has 0 aromatic heterocycles. The Morgan fingerprint density at radius 1 is 0.842 bits per heavy atom. The quantitative estimate of drug-likeness (QED) is 0.337. The van der Waals surface area contributed by atoms with E-state index in [1.54, 1.807) is 31.3 Å². The first-order valence-corrected chi connectivity index (χ1v) is 8.67. The molecule has 0 bridgehead atoms. The van der Waals surface area contributed by atoms with Crippen molar-refractivity contribution in [2.45, 2.75) is 19.5 Å². The van der Waals surface area contributed by atoms with Crippen molar-refractivity contribution in [2.75, 3.05) is 0 Å². The molecule has 0 heterocycles. The molecule has 1 aliphatic rings. The van der Waals surface area contributed by atoms with Crippen LogP contribution in [0.2, 0.25) is 13.1 Å². The highest BCUT2D eigenvalue weighted by Crippen LogP contribution is 2.26. The Hall–Kier alpha value is -1.43. The third-order valence-electron chi connectivity index (χ3n) is 3.33. The van der Waals surface area contributed by atoms with Crippen LogP contribution < -0.4 is 5.19 Å². The minimum absolute atomic E-state index is 0.612. The van der Waals surface area contributed by atoms with Gasteiger partial charge in [-0.05, 0) is 6.42 Å². The van der Waals surface area contributed by atoms with Crippen molar-refractivity contribution in [3.8, 4) is 0 Å². The van der Waals surface area contributed by atoms with Crippen LogP contribution in [0.15, 0.2) is 23.4 Å². The van der Waals surface area contributed by atoms with Crippen molar-refractivity contribution in [2.24, 2.45) is 0 Å². The average Bonchev–Trinajstić information content (AvgIpc) is 2.88. The second-order valence-corrected chi connectivity index (χ2v) is 9.19. The molecule has 102 valence electrons. The van der Waals surface area contributed by atoms with Crippen LogP contribution >= 0.6 is 0 Å². The van der Waals surface area contributed by atoms with E-state index in [-0.39, 0.29) is 0 Å². The lowest BCUT2D eigenvalue weighted by atomic mass is 10.3. The molecule has 0 saturated heterocycles. The smallest absolute Gasteiger partial charge is 0.200 e. The van der Waals surface area contributed by atoms with E-state index >= 15 is 0 Å². The van der Waals surface area contributed by atoms with Gasteiger partial charge in [-0.15, -0.1) is 0 Å². The number of allylic oxidation sites excluding steroid dienone is 4. The van der Waals surface area contributed by atoms with Crippen molar-refractivity contribution in [3.05, 3.63) is 52.5 Å². The molecule has 0 nitrogen and oxygen atoms in total. The van der Waals surface area contributed by atoms with E-state index in [4.69, 9.17) is 0 Å². The summed E-state index contributed by atoms with van der Waals surface area (Å²) >= 11 is 0. The van der Waals surface area contributed by atoms with Crippen LogP contribution in [-0.4, -0.2) is 8.07 Å². The molecule has 0 unspecified atom stereocenters. The molecule has 19 heavy (non-hydrogen) atoms. The zero-order chi connectivity index (χ0) is 14.4. The van der Waals surface area contributed by atoms with Crippen LogP contribution in [-0.2, 0) is 0 Å². The van der Waals surface area contributed by atoms with Crippen LogP contribution in [0, 0.1) is 29.1 Å². The van der Waals surface area contributed by atoms with E-state index in [0.29, 0.717) is 11.6 Å². The lowest BCUT2D eigenvalue weighted by molar-refractivity contribution is 0.383. The normalized spacial score (nSPS) is 15.0. The van der Waals surface area contributed by atoms with Gasteiger partial charge in [0.15, 0.2) is 23.3 Å². The SMILES string of the molecule is C[Si](C)(C1=CCC=C1)c1c(F)c(F)c(F)c(F)c1F. The van der Waals surface area contributed by atoms with Gasteiger partial charge >= 0.3 is 0 Å². The average molecular weight is 290 g/mol. The maximum absolute atomic E-state index is 13.8. The fraction of sp³-hybridized carbons (Fsp3) is 0.231. The number of rotatable bonds is 2. The van der Waals surface area contributed by atoms with Gasteiger partial charge in [0.1, 0.15) is 8.07 Å². The summed E-state index contributed by atoms with van der Waals surface area (Å²) in [5, 5.41) is -0.00240. The predicted molar refractivity (Wildman–Crippen MR) is 65.2 cm³/mol. The first-order valence-electron chi connectivity index (χ1n) is 5.67. The highest BCUT2D eigenvalue weighted by Gasteiger charge is 2.38. The van der Waals surface area contributed by atoms with Gasteiger partial charge in [0.05, 0.1) is 0 Å². The molecule has 0 fully saturated rings. The third kappa shape index (κ3) is 2.03. The molecule has 0 spiro atoms. The summed E-state index contributed by atoms with van der Waals surface area (Å²) in [7, 11) is -2.94. The molecule has 0 saturated carbocycles. The summed E-state index contributed by atoms with van der Waals surface area (Å²) in [6.45, 7) is 3.12. The molecule has 0 amide bonds. The second-order valence-electron chi connectivity index (χ2n) is 4.87. The van der Waals surface area contributed by atoms with Gasteiger partial charge in [-0.2, -0.15) is 0 Å². The molecule has 1 aliphatic carbocycles. The first-order chi connectivity index (χ1) is 8.78. The summed E-state index contributed by atoms with van der Waals surface area (Å²) in [5.41, 5.74) is 0. The fourth-order valence-electron chi connectivity index (χ4n) is 2.22. The van der Waals surface area contributed by atoms with E-state index < -0.39 is 42.3 Å². The Kier molecular flexibility index (Phi) is 3.38. The largest absolute Gasteiger partial charge is 0.204 e. The lowest BCUT2D eigenvalue weighted by Gasteiger charge is -2.25. The van der Waals surface area contributed by atoms with Gasteiger partial charge < -0.3 is 0 Å². The van der Waals surface area contributed by atoms with E-state index in [1.807, 2.05) is 0 Å². The van der Waals surface area contributed by atoms with Crippen molar-refractivity contribution < 1.29 is 22.0 Å². The van der Waals surface area contributed by atoms with Gasteiger partial charge in [-0.1, -0.05) is 36.5 Å². The van der Waals surface area contributed by atoms with Crippen molar-refractivity contribution in [1.82, 2.24) is 0 Å². The summed E-state index contributed by atoms with van der Waals surface area (Å²) in [6, 6.07) is 0. The van der Waals surface area contributed by atoms with Crippen LogP contribution in [0.1, 0.15) is 6.42 Å². The van der Waals surface area contributed by atoms with Gasteiger partial charge in [0, 0.05) is 5.19 Å². The van der Waals surface area contributed by atoms with E-state index in [9.17, 15) is 22.0 Å². The van der Waals surface area contributed by atoms with Crippen LogP contribution in [0.5, 0.6) is 0 Å². The van der Waals surface area contributed by atoms with Crippen molar-refractivity contribution in [1.29, 1.82) is 0 Å². The number of halogens is 5. The van der Waals surface area contributed by atoms with Crippen molar-refractivity contribution >= 4 is 13.3 Å². The highest BCUT2D eigenvalue weighted by molar-refractivity contribution is 6.96. The molecule has 0 aliphatic heterocycles. The third-order valence-corrected chi connectivity index (χ3v) is 6.83. The molecular formula is C13H11F5Si. The Balaban J connectivity index is 2.72. The highest BCUT2D eigenvalue weighted by atomic mass is 28.3. The molecule has 6 heteroatoms. The Labute approximate surface area is 108 Å². The minimum atomic E-state index is -2.94. The standard InChI is InChI=1S/C13H11F5Si/c1-19(2,7-5-3-4-6-7)13-11(17)9(15)8(14)10(16)12(13)18/h3,5-6H,4H2,1-2H3. The van der Waals surface area contributed by atoms with Crippen LogP contribution in [0.4, 0.5) is 22.0 Å². The summed E-state index contributed by atoms with van der Waals surface area (Å²) in [4.78, 5) is 0. The Morgan fingerprint density at radius 2 is 1.32 bits per heavy atom. The fourth-order valence-corrected chi connectivity index (χ4v) is 4.99. The Bertz CT molecular complexity index is 573. The summed E-state index contributed by atoms with van der Waals surface area (Å²) in [5.74, 6) is -9.29. The summed E-state index contributed by atoms with van der Waals surface area (Å²) < 4.78 is 67.1. The molecule has 0 radical (unpaired) electrons. The first kappa shape index (κ1) is 14.0. The maximum atomic E-state index is 13.8. The molecule has 0 atom stereocenters. The van der Waals surface area contributed by atoms with Crippen LogP contribution in [0.3, 0.4) is 0 Å². The lowest BCUT2D eigenvalue weighted by Crippen LogP contribution is -2.48. The van der Waals surface area contributed by atoms with Gasteiger partial charge in [-0.3, -0.25) is 0 Å². The van der Waals surface area contributed by atoms with E-state index in [0.717, 1.165) is 0 Å². The van der Waals surface area contributed by atoms with Gasteiger partial charge in [-0.25, -0.2) is 22.0 Å². The van der Waals surface area contributed by atoms with Crippen LogP contribution in [0.25, 0.3) is 0 Å². The summed E-state index contributed by atoms with van der Waals surface area (Å²) in [6.07, 6.45) is 5.84.